The number of carbonyl (C=O) groups excluding carboxylic acids is 1. The van der Waals surface area contributed by atoms with Crippen molar-refractivity contribution < 1.29 is 13.6 Å². The summed E-state index contributed by atoms with van der Waals surface area (Å²) in [5.41, 5.74) is 1.34. The lowest BCUT2D eigenvalue weighted by Gasteiger charge is -2.32. The Hall–Kier alpha value is -2.14. The second kappa shape index (κ2) is 6.64. The molecule has 1 aliphatic heterocycles. The first kappa shape index (κ1) is 16.3. The van der Waals surface area contributed by atoms with Crippen LogP contribution in [0.2, 0.25) is 0 Å². The molecule has 5 heteroatoms. The van der Waals surface area contributed by atoms with E-state index in [4.69, 9.17) is 4.42 Å². The summed E-state index contributed by atoms with van der Waals surface area (Å²) in [5, 5.41) is 2.99. The van der Waals surface area contributed by atoms with Crippen LogP contribution in [0.3, 0.4) is 0 Å². The third-order valence-electron chi connectivity index (χ3n) is 5.69. The van der Waals surface area contributed by atoms with Crippen LogP contribution < -0.4 is 5.32 Å². The number of amides is 1. The quantitative estimate of drug-likeness (QED) is 0.906. The van der Waals surface area contributed by atoms with Crippen LogP contribution >= 0.6 is 0 Å². The second-order valence-corrected chi connectivity index (χ2v) is 7.32. The molecule has 1 spiro atoms. The van der Waals surface area contributed by atoms with Crippen LogP contribution in [0.25, 0.3) is 0 Å². The molecule has 1 saturated carbocycles. The first-order chi connectivity index (χ1) is 12.1. The van der Waals surface area contributed by atoms with Crippen LogP contribution in [-0.4, -0.2) is 23.9 Å². The fraction of sp³-hybridized carbons (Fsp3) is 0.450. The molecule has 132 valence electrons. The average Bonchev–Trinajstić information content (AvgIpc) is 3.07. The van der Waals surface area contributed by atoms with E-state index in [1.165, 1.54) is 12.1 Å². The molecule has 4 rings (SSSR count). The van der Waals surface area contributed by atoms with Crippen LogP contribution in [0, 0.1) is 17.2 Å². The van der Waals surface area contributed by atoms with E-state index in [-0.39, 0.29) is 23.1 Å². The maximum atomic E-state index is 13.0. The molecular formula is C20H23FN2O2. The highest BCUT2D eigenvalue weighted by Gasteiger charge is 2.58. The molecule has 0 radical (unpaired) electrons. The van der Waals surface area contributed by atoms with Gasteiger partial charge in [0.1, 0.15) is 11.6 Å². The number of likely N-dealkylation sites (tertiary alicyclic amines) is 1. The Morgan fingerprint density at radius 2 is 2.00 bits per heavy atom. The Morgan fingerprint density at radius 3 is 2.68 bits per heavy atom. The van der Waals surface area contributed by atoms with E-state index in [0.29, 0.717) is 6.54 Å². The molecular weight excluding hydrogens is 319 g/mol. The molecule has 1 unspecified atom stereocenters. The lowest BCUT2D eigenvalue weighted by atomic mass is 9.90. The summed E-state index contributed by atoms with van der Waals surface area (Å²) in [6.45, 7) is 3.32. The van der Waals surface area contributed by atoms with Crippen molar-refractivity contribution in [3.8, 4) is 0 Å². The van der Waals surface area contributed by atoms with E-state index >= 15 is 0 Å². The van der Waals surface area contributed by atoms with Gasteiger partial charge in [0.05, 0.1) is 12.8 Å². The highest BCUT2D eigenvalue weighted by molar-refractivity contribution is 5.82. The highest BCUT2D eigenvalue weighted by atomic mass is 19.1. The lowest BCUT2D eigenvalue weighted by molar-refractivity contribution is -0.123. The van der Waals surface area contributed by atoms with Crippen molar-refractivity contribution in [3.63, 3.8) is 0 Å². The topological polar surface area (TPSA) is 45.5 Å². The molecule has 1 aliphatic carbocycles. The maximum Gasteiger partial charge on any atom is 0.224 e. The molecule has 2 heterocycles. The molecule has 1 N–H and O–H groups in total. The average molecular weight is 342 g/mol. The van der Waals surface area contributed by atoms with Gasteiger partial charge < -0.3 is 9.73 Å². The van der Waals surface area contributed by atoms with E-state index in [2.05, 4.69) is 10.2 Å². The van der Waals surface area contributed by atoms with Gasteiger partial charge in [-0.1, -0.05) is 12.1 Å². The second-order valence-electron chi connectivity index (χ2n) is 7.32. The Labute approximate surface area is 147 Å². The summed E-state index contributed by atoms with van der Waals surface area (Å²) in [7, 11) is 0. The summed E-state index contributed by atoms with van der Waals surface area (Å²) in [4.78, 5) is 14.8. The Bertz CT molecular complexity index is 719. The predicted octanol–water partition coefficient (Wildman–Crippen LogP) is 3.34. The van der Waals surface area contributed by atoms with E-state index < -0.39 is 0 Å². The number of carbonyl (C=O) groups is 1. The van der Waals surface area contributed by atoms with Crippen molar-refractivity contribution in [3.05, 3.63) is 59.8 Å². The first-order valence-electron chi connectivity index (χ1n) is 8.92. The minimum atomic E-state index is -0.192. The van der Waals surface area contributed by atoms with Crippen molar-refractivity contribution in [2.45, 2.75) is 32.4 Å². The fourth-order valence-electron chi connectivity index (χ4n) is 3.99. The minimum absolute atomic E-state index is 0.149. The first-order valence-corrected chi connectivity index (χ1v) is 8.92. The van der Waals surface area contributed by atoms with Crippen LogP contribution in [0.5, 0.6) is 0 Å². The lowest BCUT2D eigenvalue weighted by Crippen LogP contribution is -2.36. The molecule has 1 saturated heterocycles. The molecule has 2 aromatic rings. The van der Waals surface area contributed by atoms with Gasteiger partial charge in [0, 0.05) is 12.5 Å². The van der Waals surface area contributed by atoms with Gasteiger partial charge in [-0.2, -0.15) is 0 Å². The summed E-state index contributed by atoms with van der Waals surface area (Å²) in [6.07, 6.45) is 4.75. The molecule has 4 nitrogen and oxygen atoms in total. The number of hydrogen-bond acceptors (Lipinski definition) is 3. The van der Waals surface area contributed by atoms with Gasteiger partial charge in [0.2, 0.25) is 5.91 Å². The number of halogens is 1. The van der Waals surface area contributed by atoms with Crippen LogP contribution in [0.4, 0.5) is 4.39 Å². The predicted molar refractivity (Wildman–Crippen MR) is 92.0 cm³/mol. The van der Waals surface area contributed by atoms with Gasteiger partial charge in [0.15, 0.2) is 0 Å². The fourth-order valence-corrected chi connectivity index (χ4v) is 3.99. The Kier molecular flexibility index (Phi) is 4.34. The third-order valence-corrected chi connectivity index (χ3v) is 5.69. The number of piperidine rings is 1. The molecule has 2 aliphatic rings. The van der Waals surface area contributed by atoms with Crippen molar-refractivity contribution in [1.29, 1.82) is 0 Å². The third kappa shape index (κ3) is 3.61. The Morgan fingerprint density at radius 1 is 1.24 bits per heavy atom. The standard InChI is InChI=1S/C20H23FN2O2/c21-16-5-3-15(4-6-16)14-23-9-7-20(8-10-23)12-18(20)19(24)22-13-17-2-1-11-25-17/h1-6,11,18H,7-10,12-14H2,(H,22,24). The summed E-state index contributed by atoms with van der Waals surface area (Å²) < 4.78 is 18.2. The van der Waals surface area contributed by atoms with Crippen molar-refractivity contribution in [2.75, 3.05) is 13.1 Å². The molecule has 1 aromatic heterocycles. The van der Waals surface area contributed by atoms with Crippen LogP contribution in [-0.2, 0) is 17.9 Å². The number of nitrogens with zero attached hydrogens (tertiary/aromatic N) is 1. The van der Waals surface area contributed by atoms with E-state index in [9.17, 15) is 9.18 Å². The van der Waals surface area contributed by atoms with Crippen LogP contribution in [0.1, 0.15) is 30.6 Å². The van der Waals surface area contributed by atoms with Gasteiger partial charge in [0.25, 0.3) is 0 Å². The zero-order valence-corrected chi connectivity index (χ0v) is 14.2. The molecule has 25 heavy (non-hydrogen) atoms. The van der Waals surface area contributed by atoms with E-state index in [0.717, 1.165) is 50.2 Å². The zero-order valence-electron chi connectivity index (χ0n) is 14.2. The van der Waals surface area contributed by atoms with Gasteiger partial charge >= 0.3 is 0 Å². The van der Waals surface area contributed by atoms with Crippen LogP contribution in [0.15, 0.2) is 47.1 Å². The van der Waals surface area contributed by atoms with Crippen molar-refractivity contribution in [2.24, 2.45) is 11.3 Å². The van der Waals surface area contributed by atoms with Crippen molar-refractivity contribution in [1.82, 2.24) is 10.2 Å². The van der Waals surface area contributed by atoms with Gasteiger partial charge in [-0.25, -0.2) is 4.39 Å². The number of rotatable bonds is 5. The Balaban J connectivity index is 1.24. The number of furan rings is 1. The molecule has 1 atom stereocenters. The monoisotopic (exact) mass is 342 g/mol. The van der Waals surface area contributed by atoms with Gasteiger partial charge in [-0.3, -0.25) is 9.69 Å². The highest BCUT2D eigenvalue weighted by Crippen LogP contribution is 2.59. The van der Waals surface area contributed by atoms with Crippen molar-refractivity contribution >= 4 is 5.91 Å². The largest absolute Gasteiger partial charge is 0.467 e. The summed E-state index contributed by atoms with van der Waals surface area (Å²) >= 11 is 0. The molecule has 0 bridgehead atoms. The normalized spacial score (nSPS) is 22.0. The van der Waals surface area contributed by atoms with E-state index in [1.807, 2.05) is 24.3 Å². The molecule has 1 amide bonds. The minimum Gasteiger partial charge on any atom is -0.467 e. The summed E-state index contributed by atoms with van der Waals surface area (Å²) in [5.74, 6) is 0.902. The zero-order chi connectivity index (χ0) is 17.3. The smallest absolute Gasteiger partial charge is 0.224 e. The number of nitrogens with one attached hydrogen (secondary N) is 1. The van der Waals surface area contributed by atoms with E-state index in [1.54, 1.807) is 6.26 Å². The number of hydrogen-bond donors (Lipinski definition) is 1. The molecule has 2 fully saturated rings. The van der Waals surface area contributed by atoms with Gasteiger partial charge in [-0.05, 0) is 67.6 Å². The molecule has 1 aromatic carbocycles. The van der Waals surface area contributed by atoms with Gasteiger partial charge in [-0.15, -0.1) is 0 Å². The maximum absolute atomic E-state index is 13.0. The number of benzene rings is 1. The summed E-state index contributed by atoms with van der Waals surface area (Å²) in [6, 6.07) is 10.4. The SMILES string of the molecule is O=C(NCc1ccco1)C1CC12CCN(Cc1ccc(F)cc1)CC2.